The molecule has 0 aromatic carbocycles. The topological polar surface area (TPSA) is 74.6 Å². The standard InChI is InChI=1S/C9H15O4P/c1-8(2)5-3-4-6-9(10)7-14(11,12)13/h8H,4,6-7H2,1-2H3,(H2,11,12,13). The smallest absolute Gasteiger partial charge is 0.324 e. The van der Waals surface area contributed by atoms with Gasteiger partial charge in [-0.3, -0.25) is 9.36 Å². The average molecular weight is 218 g/mol. The molecule has 0 fully saturated rings. The summed E-state index contributed by atoms with van der Waals surface area (Å²) in [4.78, 5) is 27.9. The lowest BCUT2D eigenvalue weighted by Gasteiger charge is -2.00. The average Bonchev–Trinajstić information content (AvgIpc) is 1.94. The number of Topliss-reactive ketones (excluding diaryl/α,β-unsaturated/α-hetero) is 1. The molecule has 0 heterocycles. The van der Waals surface area contributed by atoms with Crippen molar-refractivity contribution in [2.45, 2.75) is 26.7 Å². The Labute approximate surface area is 83.9 Å². The molecule has 0 amide bonds. The zero-order valence-electron chi connectivity index (χ0n) is 8.36. The molecule has 4 nitrogen and oxygen atoms in total. The Morgan fingerprint density at radius 3 is 2.43 bits per heavy atom. The molecule has 2 N–H and O–H groups in total. The van der Waals surface area contributed by atoms with Gasteiger partial charge in [0.15, 0.2) is 0 Å². The van der Waals surface area contributed by atoms with E-state index >= 15 is 0 Å². The van der Waals surface area contributed by atoms with E-state index in [2.05, 4.69) is 11.8 Å². The van der Waals surface area contributed by atoms with Crippen molar-refractivity contribution in [3.8, 4) is 11.8 Å². The van der Waals surface area contributed by atoms with Crippen LogP contribution in [0.15, 0.2) is 0 Å². The van der Waals surface area contributed by atoms with Gasteiger partial charge in [0.25, 0.3) is 0 Å². The number of carbonyl (C=O) groups excluding carboxylic acids is 1. The van der Waals surface area contributed by atoms with Crippen LogP contribution in [0.2, 0.25) is 0 Å². The molecule has 0 radical (unpaired) electrons. The molecule has 0 aliphatic rings. The van der Waals surface area contributed by atoms with Gasteiger partial charge in [-0.05, 0) is 0 Å². The van der Waals surface area contributed by atoms with Gasteiger partial charge >= 0.3 is 7.60 Å². The van der Waals surface area contributed by atoms with Gasteiger partial charge in [0.1, 0.15) is 11.9 Å². The van der Waals surface area contributed by atoms with Gasteiger partial charge in [-0.1, -0.05) is 13.8 Å². The SMILES string of the molecule is CC(C)C#CCCC(=O)CP(=O)(O)O. The molecule has 0 aromatic rings. The molecule has 0 aliphatic carbocycles. The Kier molecular flexibility index (Phi) is 5.71. The maximum absolute atomic E-state index is 10.9. The summed E-state index contributed by atoms with van der Waals surface area (Å²) < 4.78 is 10.4. The first kappa shape index (κ1) is 13.4. The highest BCUT2D eigenvalue weighted by Gasteiger charge is 2.17. The number of ketones is 1. The first-order valence-corrected chi connectivity index (χ1v) is 6.15. The minimum atomic E-state index is -4.19. The van der Waals surface area contributed by atoms with Crippen LogP contribution in [0.1, 0.15) is 26.7 Å². The molecule has 0 aliphatic heterocycles. The van der Waals surface area contributed by atoms with E-state index in [-0.39, 0.29) is 12.3 Å². The summed E-state index contributed by atoms with van der Waals surface area (Å²) in [6.45, 7) is 3.87. The second-order valence-electron chi connectivity index (χ2n) is 3.34. The van der Waals surface area contributed by atoms with Crippen LogP contribution < -0.4 is 0 Å². The molecule has 0 aromatic heterocycles. The van der Waals surface area contributed by atoms with Crippen molar-refractivity contribution in [1.82, 2.24) is 0 Å². The summed E-state index contributed by atoms with van der Waals surface area (Å²) >= 11 is 0. The van der Waals surface area contributed by atoms with Crippen LogP contribution in [0.3, 0.4) is 0 Å². The second kappa shape index (κ2) is 5.98. The van der Waals surface area contributed by atoms with Crippen LogP contribution in [-0.2, 0) is 9.36 Å². The van der Waals surface area contributed by atoms with Crippen molar-refractivity contribution in [3.05, 3.63) is 0 Å². The van der Waals surface area contributed by atoms with E-state index in [0.717, 1.165) is 0 Å². The van der Waals surface area contributed by atoms with Crippen molar-refractivity contribution in [2.75, 3.05) is 6.16 Å². The van der Waals surface area contributed by atoms with Crippen LogP contribution in [0.25, 0.3) is 0 Å². The summed E-state index contributed by atoms with van der Waals surface area (Å²) in [5.74, 6) is 5.47. The van der Waals surface area contributed by atoms with E-state index in [4.69, 9.17) is 9.79 Å². The number of hydrogen-bond acceptors (Lipinski definition) is 2. The third-order valence-electron chi connectivity index (χ3n) is 1.30. The van der Waals surface area contributed by atoms with E-state index in [1.54, 1.807) is 0 Å². The molecule has 0 bridgehead atoms. The van der Waals surface area contributed by atoms with Gasteiger partial charge in [-0.25, -0.2) is 0 Å². The van der Waals surface area contributed by atoms with Crippen LogP contribution in [-0.4, -0.2) is 21.7 Å². The second-order valence-corrected chi connectivity index (χ2v) is 4.98. The summed E-state index contributed by atoms with van der Waals surface area (Å²) in [6, 6.07) is 0. The first-order valence-electron chi connectivity index (χ1n) is 4.36. The summed E-state index contributed by atoms with van der Waals surface area (Å²) in [6.07, 6.45) is -0.182. The Morgan fingerprint density at radius 1 is 1.43 bits per heavy atom. The third kappa shape index (κ3) is 9.47. The van der Waals surface area contributed by atoms with Crippen LogP contribution in [0.4, 0.5) is 0 Å². The van der Waals surface area contributed by atoms with Crippen LogP contribution in [0.5, 0.6) is 0 Å². The highest BCUT2D eigenvalue weighted by molar-refractivity contribution is 7.52. The Bertz CT molecular complexity index is 292. The molecule has 0 saturated heterocycles. The van der Waals surface area contributed by atoms with Crippen molar-refractivity contribution < 1.29 is 19.1 Å². The molecule has 80 valence electrons. The Balaban J connectivity index is 3.78. The molecular weight excluding hydrogens is 203 g/mol. The zero-order chi connectivity index (χ0) is 11.2. The highest BCUT2D eigenvalue weighted by Crippen LogP contribution is 2.34. The van der Waals surface area contributed by atoms with Crippen molar-refractivity contribution >= 4 is 13.4 Å². The van der Waals surface area contributed by atoms with E-state index in [1.807, 2.05) is 13.8 Å². The normalized spacial score (nSPS) is 10.9. The van der Waals surface area contributed by atoms with Gasteiger partial charge in [0.05, 0.1) is 0 Å². The van der Waals surface area contributed by atoms with Gasteiger partial charge in [0, 0.05) is 18.8 Å². The maximum Gasteiger partial charge on any atom is 0.332 e. The number of hydrogen-bond donors (Lipinski definition) is 2. The lowest BCUT2D eigenvalue weighted by molar-refractivity contribution is -0.116. The fourth-order valence-corrected chi connectivity index (χ4v) is 1.40. The van der Waals surface area contributed by atoms with Crippen molar-refractivity contribution in [3.63, 3.8) is 0 Å². The van der Waals surface area contributed by atoms with E-state index in [0.29, 0.717) is 6.42 Å². The molecule has 0 atom stereocenters. The Morgan fingerprint density at radius 2 is 2.00 bits per heavy atom. The minimum absolute atomic E-state index is 0.116. The lowest BCUT2D eigenvalue weighted by atomic mass is 10.2. The third-order valence-corrected chi connectivity index (χ3v) is 2.07. The van der Waals surface area contributed by atoms with Gasteiger partial charge in [-0.2, -0.15) is 0 Å². The van der Waals surface area contributed by atoms with E-state index in [1.165, 1.54) is 0 Å². The molecular formula is C9H15O4P. The lowest BCUT2D eigenvalue weighted by Crippen LogP contribution is -2.04. The molecule has 5 heteroatoms. The summed E-state index contributed by atoms with van der Waals surface area (Å²) in [5.41, 5.74) is 0. The molecule has 0 unspecified atom stereocenters. The predicted octanol–water partition coefficient (Wildman–Crippen LogP) is 1.17. The highest BCUT2D eigenvalue weighted by atomic mass is 31.2. The first-order chi connectivity index (χ1) is 6.31. The molecule has 0 rings (SSSR count). The van der Waals surface area contributed by atoms with E-state index in [9.17, 15) is 9.36 Å². The van der Waals surface area contributed by atoms with Gasteiger partial charge in [-0.15, -0.1) is 11.8 Å². The van der Waals surface area contributed by atoms with Gasteiger partial charge < -0.3 is 9.79 Å². The zero-order valence-corrected chi connectivity index (χ0v) is 9.25. The van der Waals surface area contributed by atoms with Crippen LogP contribution >= 0.6 is 7.60 Å². The Hall–Kier alpha value is -0.620. The molecule has 14 heavy (non-hydrogen) atoms. The largest absolute Gasteiger partial charge is 0.332 e. The minimum Gasteiger partial charge on any atom is -0.324 e. The summed E-state index contributed by atoms with van der Waals surface area (Å²) in [5, 5.41) is 0. The fourth-order valence-electron chi connectivity index (χ4n) is 0.787. The summed E-state index contributed by atoms with van der Waals surface area (Å²) in [7, 11) is -4.19. The molecule has 0 spiro atoms. The monoisotopic (exact) mass is 218 g/mol. The quantitative estimate of drug-likeness (QED) is 0.548. The number of rotatable bonds is 4. The number of carbonyl (C=O) groups is 1. The fraction of sp³-hybridized carbons (Fsp3) is 0.667. The maximum atomic E-state index is 10.9. The van der Waals surface area contributed by atoms with Crippen molar-refractivity contribution in [1.29, 1.82) is 0 Å². The van der Waals surface area contributed by atoms with Crippen LogP contribution in [0, 0.1) is 17.8 Å². The predicted molar refractivity (Wildman–Crippen MR) is 53.8 cm³/mol. The van der Waals surface area contributed by atoms with Gasteiger partial charge in [0.2, 0.25) is 0 Å². The molecule has 0 saturated carbocycles. The van der Waals surface area contributed by atoms with E-state index < -0.39 is 19.5 Å². The van der Waals surface area contributed by atoms with Crippen molar-refractivity contribution in [2.24, 2.45) is 5.92 Å².